The van der Waals surface area contributed by atoms with Crippen molar-refractivity contribution in [2.24, 2.45) is 0 Å². The molecule has 2 aliphatic rings. The largest absolute Gasteiger partial charge is 0.380 e. The van der Waals surface area contributed by atoms with Crippen molar-refractivity contribution in [2.45, 2.75) is 31.3 Å². The fourth-order valence-corrected chi connectivity index (χ4v) is 3.10. The van der Waals surface area contributed by atoms with Crippen molar-refractivity contribution < 1.29 is 4.74 Å². The molecule has 2 aliphatic heterocycles. The van der Waals surface area contributed by atoms with Crippen LogP contribution in [0.4, 0.5) is 0 Å². The van der Waals surface area contributed by atoms with Crippen LogP contribution in [0.25, 0.3) is 0 Å². The Hall–Kier alpha value is -0.900. The van der Waals surface area contributed by atoms with E-state index in [1.54, 1.807) is 0 Å². The smallest absolute Gasteiger partial charge is 0.0620 e. The third kappa shape index (κ3) is 3.78. The van der Waals surface area contributed by atoms with Gasteiger partial charge in [0.1, 0.15) is 0 Å². The summed E-state index contributed by atoms with van der Waals surface area (Å²) in [6, 6.07) is 12.1. The highest BCUT2D eigenvalue weighted by Crippen LogP contribution is 2.13. The van der Waals surface area contributed by atoms with Crippen molar-refractivity contribution in [2.75, 3.05) is 32.8 Å². The van der Waals surface area contributed by atoms with Gasteiger partial charge in [0.05, 0.1) is 6.61 Å². The molecule has 0 bridgehead atoms. The van der Waals surface area contributed by atoms with Crippen molar-refractivity contribution in [1.29, 1.82) is 0 Å². The minimum absolute atomic E-state index is 0.596. The topological polar surface area (TPSA) is 24.5 Å². The maximum absolute atomic E-state index is 5.42. The van der Waals surface area contributed by atoms with E-state index in [0.29, 0.717) is 12.1 Å². The summed E-state index contributed by atoms with van der Waals surface area (Å²) in [6.07, 6.45) is 3.63. The molecule has 3 nitrogen and oxygen atoms in total. The fourth-order valence-electron chi connectivity index (χ4n) is 3.10. The Morgan fingerprint density at radius 1 is 1.16 bits per heavy atom. The van der Waals surface area contributed by atoms with E-state index in [2.05, 4.69) is 40.5 Å². The summed E-state index contributed by atoms with van der Waals surface area (Å²) in [5.41, 5.74) is 1.45. The van der Waals surface area contributed by atoms with Crippen LogP contribution in [0.5, 0.6) is 0 Å². The van der Waals surface area contributed by atoms with Crippen LogP contribution in [0.15, 0.2) is 30.3 Å². The molecule has 19 heavy (non-hydrogen) atoms. The van der Waals surface area contributed by atoms with Gasteiger partial charge < -0.3 is 15.0 Å². The van der Waals surface area contributed by atoms with Gasteiger partial charge in [0.15, 0.2) is 0 Å². The van der Waals surface area contributed by atoms with Gasteiger partial charge in [-0.1, -0.05) is 30.3 Å². The van der Waals surface area contributed by atoms with Crippen LogP contribution in [-0.2, 0) is 11.2 Å². The molecule has 1 N–H and O–H groups in total. The molecule has 1 aromatic carbocycles. The van der Waals surface area contributed by atoms with E-state index < -0.39 is 0 Å². The van der Waals surface area contributed by atoms with E-state index in [9.17, 15) is 0 Å². The summed E-state index contributed by atoms with van der Waals surface area (Å²) < 4.78 is 5.42. The monoisotopic (exact) mass is 260 g/mol. The Morgan fingerprint density at radius 3 is 2.84 bits per heavy atom. The van der Waals surface area contributed by atoms with Crippen molar-refractivity contribution in [1.82, 2.24) is 10.2 Å². The first-order valence-corrected chi connectivity index (χ1v) is 7.50. The van der Waals surface area contributed by atoms with E-state index in [-0.39, 0.29) is 0 Å². The fraction of sp³-hybridized carbons (Fsp3) is 0.625. The number of hydrogen-bond acceptors (Lipinski definition) is 3. The second-order valence-electron chi connectivity index (χ2n) is 5.75. The summed E-state index contributed by atoms with van der Waals surface area (Å²) >= 11 is 0. The number of nitrogens with one attached hydrogen (secondary N) is 1. The van der Waals surface area contributed by atoms with Gasteiger partial charge in [-0.3, -0.25) is 0 Å². The third-order valence-electron chi connectivity index (χ3n) is 4.23. The van der Waals surface area contributed by atoms with Crippen molar-refractivity contribution in [3.05, 3.63) is 35.9 Å². The van der Waals surface area contributed by atoms with E-state index >= 15 is 0 Å². The van der Waals surface area contributed by atoms with Crippen LogP contribution in [0.1, 0.15) is 18.4 Å². The molecule has 3 rings (SSSR count). The molecular weight excluding hydrogens is 236 g/mol. The molecule has 2 fully saturated rings. The molecule has 3 heteroatoms. The number of ether oxygens (including phenoxy) is 1. The summed E-state index contributed by atoms with van der Waals surface area (Å²) in [4.78, 5) is 2.58. The van der Waals surface area contributed by atoms with Crippen molar-refractivity contribution >= 4 is 0 Å². The Bertz CT molecular complexity index is 376. The standard InChI is InChI=1S/C16H24N2O/c1-2-4-14(5-3-1)6-9-18-10-7-15(12-18)17-16-8-11-19-13-16/h1-5,15-17H,6-13H2. The zero-order valence-corrected chi connectivity index (χ0v) is 11.6. The van der Waals surface area contributed by atoms with Crippen molar-refractivity contribution in [3.63, 3.8) is 0 Å². The van der Waals surface area contributed by atoms with Gasteiger partial charge in [-0.2, -0.15) is 0 Å². The molecule has 0 amide bonds. The SMILES string of the molecule is c1ccc(CCN2CCC(NC3CCOC3)C2)cc1. The maximum atomic E-state index is 5.42. The lowest BCUT2D eigenvalue weighted by Crippen LogP contribution is -2.40. The quantitative estimate of drug-likeness (QED) is 0.872. The van der Waals surface area contributed by atoms with Gasteiger partial charge in [0.2, 0.25) is 0 Å². The number of rotatable bonds is 5. The Morgan fingerprint density at radius 2 is 2.05 bits per heavy atom. The van der Waals surface area contributed by atoms with E-state index in [0.717, 1.165) is 13.2 Å². The summed E-state index contributed by atoms with van der Waals surface area (Å²) in [5, 5.41) is 3.74. The molecule has 2 saturated heterocycles. The number of likely N-dealkylation sites (tertiary alicyclic amines) is 1. The number of hydrogen-bond donors (Lipinski definition) is 1. The maximum Gasteiger partial charge on any atom is 0.0620 e. The molecule has 0 spiro atoms. The molecule has 0 radical (unpaired) electrons. The minimum atomic E-state index is 0.596. The van der Waals surface area contributed by atoms with Crippen LogP contribution >= 0.6 is 0 Å². The molecule has 0 aromatic heterocycles. The van der Waals surface area contributed by atoms with Gasteiger partial charge in [0.25, 0.3) is 0 Å². The molecule has 2 atom stereocenters. The predicted octanol–water partition coefficient (Wildman–Crippen LogP) is 1.68. The van der Waals surface area contributed by atoms with Crippen LogP contribution in [0.2, 0.25) is 0 Å². The third-order valence-corrected chi connectivity index (χ3v) is 4.23. The number of nitrogens with zero attached hydrogens (tertiary/aromatic N) is 1. The highest BCUT2D eigenvalue weighted by molar-refractivity contribution is 5.14. The van der Waals surface area contributed by atoms with Crippen LogP contribution in [-0.4, -0.2) is 49.8 Å². The lowest BCUT2D eigenvalue weighted by Gasteiger charge is -2.19. The molecule has 2 heterocycles. The lowest BCUT2D eigenvalue weighted by molar-refractivity contribution is 0.187. The Kier molecular flexibility index (Phi) is 4.49. The van der Waals surface area contributed by atoms with Gasteiger partial charge in [0, 0.05) is 31.8 Å². The molecular formula is C16H24N2O. The average Bonchev–Trinajstić information content (AvgIpc) is 3.10. The van der Waals surface area contributed by atoms with Crippen LogP contribution < -0.4 is 5.32 Å². The molecule has 2 unspecified atom stereocenters. The first-order chi connectivity index (χ1) is 9.40. The number of benzene rings is 1. The Labute approximate surface area is 115 Å². The van der Waals surface area contributed by atoms with E-state index in [4.69, 9.17) is 4.74 Å². The average molecular weight is 260 g/mol. The minimum Gasteiger partial charge on any atom is -0.380 e. The summed E-state index contributed by atoms with van der Waals surface area (Å²) in [7, 11) is 0. The van der Waals surface area contributed by atoms with Gasteiger partial charge in [-0.05, 0) is 31.4 Å². The lowest BCUT2D eigenvalue weighted by atomic mass is 10.1. The predicted molar refractivity (Wildman–Crippen MR) is 77.4 cm³/mol. The second kappa shape index (κ2) is 6.51. The highest BCUT2D eigenvalue weighted by Gasteiger charge is 2.25. The second-order valence-corrected chi connectivity index (χ2v) is 5.75. The van der Waals surface area contributed by atoms with Gasteiger partial charge in [-0.25, -0.2) is 0 Å². The first-order valence-electron chi connectivity index (χ1n) is 7.50. The Balaban J connectivity index is 1.39. The molecule has 0 saturated carbocycles. The molecule has 104 valence electrons. The highest BCUT2D eigenvalue weighted by atomic mass is 16.5. The first kappa shape index (κ1) is 13.1. The zero-order chi connectivity index (χ0) is 12.9. The van der Waals surface area contributed by atoms with Crippen molar-refractivity contribution in [3.8, 4) is 0 Å². The summed E-state index contributed by atoms with van der Waals surface area (Å²) in [5.74, 6) is 0. The normalized spacial score (nSPS) is 28.0. The van der Waals surface area contributed by atoms with E-state index in [1.165, 1.54) is 44.5 Å². The van der Waals surface area contributed by atoms with Gasteiger partial charge in [-0.15, -0.1) is 0 Å². The van der Waals surface area contributed by atoms with Gasteiger partial charge >= 0.3 is 0 Å². The van der Waals surface area contributed by atoms with Crippen LogP contribution in [0.3, 0.4) is 0 Å². The summed E-state index contributed by atoms with van der Waals surface area (Å²) in [6.45, 7) is 5.45. The van der Waals surface area contributed by atoms with E-state index in [1.807, 2.05) is 0 Å². The zero-order valence-electron chi connectivity index (χ0n) is 11.6. The molecule has 1 aromatic rings. The van der Waals surface area contributed by atoms with Crippen LogP contribution in [0, 0.1) is 0 Å². The molecule has 0 aliphatic carbocycles.